The molecule has 0 saturated carbocycles. The number of allylic oxidation sites excluding steroid dienone is 6. The summed E-state index contributed by atoms with van der Waals surface area (Å²) in [5.41, 5.74) is 0. The van der Waals surface area contributed by atoms with E-state index in [9.17, 15) is 19.4 Å². The first-order valence-electron chi connectivity index (χ1n) is 37.9. The Kier molecular flexibility index (Phi) is 66.1. The minimum Gasteiger partial charge on any atom is -0.391 e. The third-order valence-electron chi connectivity index (χ3n) is 17.6. The Labute approximate surface area is 531 Å². The lowest BCUT2D eigenvalue weighted by Gasteiger charge is -2.26. The zero-order chi connectivity index (χ0) is 61.9. The number of phosphoric acid groups is 1. The van der Waals surface area contributed by atoms with Crippen LogP contribution in [0.4, 0.5) is 0 Å². The summed E-state index contributed by atoms with van der Waals surface area (Å²) in [5.74, 6) is -0.137. The SMILES string of the molecule is CCCCCCC/C=C\C/C=C\C/C=C\CCCCCCCCCCCCCCCCCCC(=O)NC(COP(=O)(O)OCC[N+](C)(C)C)C(O)CCCCCCCCCCCCCCCCCCCCCCCCCCCCCCCCCC. The number of hydrogen-bond acceptors (Lipinski definition) is 5. The van der Waals surface area contributed by atoms with Gasteiger partial charge >= 0.3 is 7.82 Å². The number of likely N-dealkylation sites (N-methyl/N-ethyl adjacent to an activating group) is 1. The summed E-state index contributed by atoms with van der Waals surface area (Å²) in [6.07, 6.45) is 89.8. The van der Waals surface area contributed by atoms with Gasteiger partial charge in [0.15, 0.2) is 0 Å². The molecule has 0 aromatic carbocycles. The molecule has 0 fully saturated rings. The Morgan fingerprint density at radius 2 is 0.671 bits per heavy atom. The number of quaternary nitrogens is 1. The van der Waals surface area contributed by atoms with Crippen LogP contribution in [0.2, 0.25) is 0 Å². The monoisotopic (exact) mass is 1220 g/mol. The van der Waals surface area contributed by atoms with Crippen LogP contribution >= 0.6 is 7.82 Å². The number of nitrogens with zero attached hydrogens (tertiary/aromatic N) is 1. The first-order valence-corrected chi connectivity index (χ1v) is 39.3. The molecular weight excluding hydrogens is 1070 g/mol. The van der Waals surface area contributed by atoms with Crippen molar-refractivity contribution in [3.8, 4) is 0 Å². The predicted molar refractivity (Wildman–Crippen MR) is 374 cm³/mol. The van der Waals surface area contributed by atoms with E-state index in [0.717, 1.165) is 51.4 Å². The molecule has 0 aliphatic heterocycles. The van der Waals surface area contributed by atoms with E-state index in [1.165, 1.54) is 315 Å². The number of hydrogen-bond donors (Lipinski definition) is 3. The molecule has 0 heterocycles. The van der Waals surface area contributed by atoms with E-state index in [1.807, 2.05) is 21.1 Å². The fourth-order valence-electron chi connectivity index (χ4n) is 11.8. The first kappa shape index (κ1) is 83.7. The van der Waals surface area contributed by atoms with Crippen molar-refractivity contribution in [2.24, 2.45) is 0 Å². The zero-order valence-corrected chi connectivity index (χ0v) is 58.8. The van der Waals surface area contributed by atoms with Crippen molar-refractivity contribution in [1.82, 2.24) is 5.32 Å². The smallest absolute Gasteiger partial charge is 0.391 e. The molecule has 0 aliphatic carbocycles. The Bertz CT molecular complexity index is 1480. The van der Waals surface area contributed by atoms with Gasteiger partial charge in [-0.3, -0.25) is 13.8 Å². The molecule has 0 saturated heterocycles. The highest BCUT2D eigenvalue weighted by Crippen LogP contribution is 2.43. The van der Waals surface area contributed by atoms with E-state index in [4.69, 9.17) is 9.05 Å². The molecular formula is C76H150N2O6P+. The Morgan fingerprint density at radius 1 is 0.400 bits per heavy atom. The summed E-state index contributed by atoms with van der Waals surface area (Å²) in [4.78, 5) is 23.5. The summed E-state index contributed by atoms with van der Waals surface area (Å²) in [6, 6.07) is -0.762. The van der Waals surface area contributed by atoms with Crippen LogP contribution in [0.25, 0.3) is 0 Å². The summed E-state index contributed by atoms with van der Waals surface area (Å²) in [6.45, 7) is 4.94. The molecule has 0 rings (SSSR count). The van der Waals surface area contributed by atoms with Gasteiger partial charge in [-0.2, -0.15) is 0 Å². The predicted octanol–water partition coefficient (Wildman–Crippen LogP) is 24.4. The van der Waals surface area contributed by atoms with E-state index < -0.39 is 20.0 Å². The van der Waals surface area contributed by atoms with E-state index in [1.54, 1.807) is 0 Å². The zero-order valence-electron chi connectivity index (χ0n) is 57.9. The maximum atomic E-state index is 13.1. The second kappa shape index (κ2) is 67.1. The number of aliphatic hydroxyl groups excluding tert-OH is 1. The van der Waals surface area contributed by atoms with Crippen molar-refractivity contribution in [1.29, 1.82) is 0 Å². The fraction of sp³-hybridized carbons (Fsp3) is 0.908. The standard InChI is InChI=1S/C76H149N2O6P/c1-6-8-10-12-14-16-18-20-22-24-26-28-30-32-34-36-38-40-41-43-45-47-49-51-53-55-57-59-61-63-65-67-69-75(79)74(73-84-85(81,82)83-72-71-78(3,4)5)77-76(80)70-68-66-64-62-60-58-56-54-52-50-48-46-44-42-39-37-35-33-31-29-27-25-23-21-19-17-15-13-11-9-7-2/h19,21,25,27,31,33,74-75,79H,6-18,20,22-24,26,28-30,32,34-73H2,1-5H3,(H-,77,80,81,82)/p+1/b21-19-,27-25-,33-31-. The molecule has 8 nitrogen and oxygen atoms in total. The number of aliphatic hydroxyl groups is 1. The van der Waals surface area contributed by atoms with Gasteiger partial charge in [0.25, 0.3) is 0 Å². The molecule has 3 unspecified atom stereocenters. The van der Waals surface area contributed by atoms with Crippen LogP contribution in [0.5, 0.6) is 0 Å². The van der Waals surface area contributed by atoms with Gasteiger partial charge in [0.1, 0.15) is 13.2 Å². The van der Waals surface area contributed by atoms with Crippen LogP contribution in [0.3, 0.4) is 0 Å². The van der Waals surface area contributed by atoms with Gasteiger partial charge in [-0.15, -0.1) is 0 Å². The molecule has 0 radical (unpaired) electrons. The van der Waals surface area contributed by atoms with Crippen molar-refractivity contribution >= 4 is 13.7 Å². The topological polar surface area (TPSA) is 105 Å². The van der Waals surface area contributed by atoms with Gasteiger partial charge in [0.05, 0.1) is 39.9 Å². The van der Waals surface area contributed by atoms with E-state index in [-0.39, 0.29) is 19.1 Å². The Morgan fingerprint density at radius 3 is 0.976 bits per heavy atom. The van der Waals surface area contributed by atoms with Crippen molar-refractivity contribution in [3.63, 3.8) is 0 Å². The number of nitrogens with one attached hydrogen (secondary N) is 1. The van der Waals surface area contributed by atoms with Gasteiger partial charge in [-0.25, -0.2) is 4.57 Å². The molecule has 1 amide bonds. The molecule has 9 heteroatoms. The molecule has 0 aromatic rings. The molecule has 0 aromatic heterocycles. The molecule has 3 N–H and O–H groups in total. The molecule has 85 heavy (non-hydrogen) atoms. The lowest BCUT2D eigenvalue weighted by Crippen LogP contribution is -2.46. The third-order valence-corrected chi connectivity index (χ3v) is 18.6. The minimum atomic E-state index is -4.33. The highest BCUT2D eigenvalue weighted by atomic mass is 31.2. The first-order chi connectivity index (χ1) is 41.5. The molecule has 0 spiro atoms. The minimum absolute atomic E-state index is 0.0763. The van der Waals surface area contributed by atoms with Crippen LogP contribution < -0.4 is 5.32 Å². The summed E-state index contributed by atoms with van der Waals surface area (Å²) in [7, 11) is 1.63. The number of unbranched alkanes of at least 4 members (excludes halogenated alkanes) is 52. The van der Waals surface area contributed by atoms with Crippen molar-refractivity contribution in [2.45, 2.75) is 405 Å². The Hall–Kier alpha value is -1.28. The van der Waals surface area contributed by atoms with Crippen molar-refractivity contribution < 1.29 is 32.9 Å². The van der Waals surface area contributed by atoms with Gasteiger partial charge in [0.2, 0.25) is 5.91 Å². The van der Waals surface area contributed by atoms with E-state index in [0.29, 0.717) is 23.9 Å². The number of phosphoric ester groups is 1. The van der Waals surface area contributed by atoms with Gasteiger partial charge in [-0.1, -0.05) is 371 Å². The summed E-state index contributed by atoms with van der Waals surface area (Å²) in [5, 5.41) is 14.2. The summed E-state index contributed by atoms with van der Waals surface area (Å²) >= 11 is 0. The largest absolute Gasteiger partial charge is 0.472 e. The molecule has 0 aliphatic rings. The molecule has 3 atom stereocenters. The van der Waals surface area contributed by atoms with Crippen LogP contribution in [-0.4, -0.2) is 73.4 Å². The number of amides is 1. The quantitative estimate of drug-likeness (QED) is 0.0243. The number of carbonyl (C=O) groups is 1. The highest BCUT2D eigenvalue weighted by Gasteiger charge is 2.28. The van der Waals surface area contributed by atoms with Gasteiger partial charge < -0.3 is 19.8 Å². The van der Waals surface area contributed by atoms with Crippen molar-refractivity contribution in [3.05, 3.63) is 36.5 Å². The number of carbonyl (C=O) groups excluding carboxylic acids is 1. The second-order valence-electron chi connectivity index (χ2n) is 27.4. The van der Waals surface area contributed by atoms with E-state index in [2.05, 4.69) is 55.6 Å². The average molecular weight is 1220 g/mol. The van der Waals surface area contributed by atoms with E-state index >= 15 is 0 Å². The van der Waals surface area contributed by atoms with Crippen molar-refractivity contribution in [2.75, 3.05) is 40.9 Å². The van der Waals surface area contributed by atoms with Crippen LogP contribution in [0.1, 0.15) is 393 Å². The van der Waals surface area contributed by atoms with Crippen LogP contribution in [0.15, 0.2) is 36.5 Å². The Balaban J connectivity index is 3.97. The second-order valence-corrected chi connectivity index (χ2v) is 28.8. The van der Waals surface area contributed by atoms with Crippen LogP contribution in [0, 0.1) is 0 Å². The van der Waals surface area contributed by atoms with Gasteiger partial charge in [0, 0.05) is 6.42 Å². The lowest BCUT2D eigenvalue weighted by molar-refractivity contribution is -0.870. The lowest BCUT2D eigenvalue weighted by atomic mass is 10.0. The average Bonchev–Trinajstić information content (AvgIpc) is 3.49. The maximum Gasteiger partial charge on any atom is 0.472 e. The number of rotatable bonds is 71. The molecule has 504 valence electrons. The highest BCUT2D eigenvalue weighted by molar-refractivity contribution is 7.47. The van der Waals surface area contributed by atoms with Gasteiger partial charge in [-0.05, 0) is 51.4 Å². The third kappa shape index (κ3) is 70.0. The molecule has 0 bridgehead atoms. The summed E-state index contributed by atoms with van der Waals surface area (Å²) < 4.78 is 23.9. The fourth-order valence-corrected chi connectivity index (χ4v) is 12.5. The van der Waals surface area contributed by atoms with Crippen LogP contribution in [-0.2, 0) is 18.4 Å². The maximum absolute atomic E-state index is 13.1. The normalized spacial score (nSPS) is 13.7.